The van der Waals surface area contributed by atoms with Gasteiger partial charge in [-0.15, -0.1) is 0 Å². The number of imidazole rings is 2. The zero-order valence-electron chi connectivity index (χ0n) is 31.2. The highest BCUT2D eigenvalue weighted by atomic mass is 28.5. The quantitative estimate of drug-likeness (QED) is 0.147. The summed E-state index contributed by atoms with van der Waals surface area (Å²) in [5.74, 6) is 0.501. The number of rotatable bonds is 7. The van der Waals surface area contributed by atoms with E-state index in [4.69, 9.17) is 39.0 Å². The summed E-state index contributed by atoms with van der Waals surface area (Å²) < 4.78 is 35.9. The SMILES string of the molecule is C.CC(C)[Si]1(C(C)C)OC[C@@H]2O[C@H](n3cnc4c(N)ncnc43)C(O)C2O[Si](C(C)C)(C(C)C)O1.Nc1ncnc2c1ncn2[C@H]1O[C@@H](CO)C(O)C1O. The first-order valence-corrected chi connectivity index (χ1v) is 21.9. The van der Waals surface area contributed by atoms with Gasteiger partial charge in [-0.05, 0) is 22.2 Å². The Morgan fingerprint density at radius 1 is 0.704 bits per heavy atom. The summed E-state index contributed by atoms with van der Waals surface area (Å²) in [4.78, 5) is 24.6. The second kappa shape index (κ2) is 16.1. The maximum Gasteiger partial charge on any atom is 0.335 e. The lowest BCUT2D eigenvalue weighted by Crippen LogP contribution is -2.65. The number of fused-ring (bicyclic) bond motifs is 3. The third-order valence-corrected chi connectivity index (χ3v) is 20.7. The molecule has 4 aromatic heterocycles. The summed E-state index contributed by atoms with van der Waals surface area (Å²) in [6.45, 7) is 17.3. The van der Waals surface area contributed by atoms with Crippen LogP contribution in [0.5, 0.6) is 0 Å². The Balaban J connectivity index is 0.000000237. The van der Waals surface area contributed by atoms with Crippen LogP contribution < -0.4 is 11.5 Å². The van der Waals surface area contributed by atoms with Gasteiger partial charge in [-0.2, -0.15) is 0 Å². The molecule has 4 unspecified atom stereocenters. The van der Waals surface area contributed by atoms with E-state index in [9.17, 15) is 15.3 Å². The van der Waals surface area contributed by atoms with Crippen molar-refractivity contribution in [3.8, 4) is 0 Å². The molecule has 3 aliphatic heterocycles. The first-order valence-electron chi connectivity index (χ1n) is 17.9. The van der Waals surface area contributed by atoms with Gasteiger partial charge < -0.3 is 54.3 Å². The predicted octanol–water partition coefficient (Wildman–Crippen LogP) is 2.28. The van der Waals surface area contributed by atoms with Crippen molar-refractivity contribution in [1.82, 2.24) is 39.0 Å². The van der Waals surface area contributed by atoms with Crippen molar-refractivity contribution >= 4 is 51.1 Å². The van der Waals surface area contributed by atoms with E-state index in [0.717, 1.165) is 0 Å². The van der Waals surface area contributed by atoms with E-state index in [1.807, 2.05) is 0 Å². The Hall–Kier alpha value is -3.23. The molecule has 54 heavy (non-hydrogen) atoms. The fourth-order valence-electron chi connectivity index (χ4n) is 7.59. The lowest BCUT2D eigenvalue weighted by atomic mass is 10.1. The Bertz CT molecular complexity index is 1860. The van der Waals surface area contributed by atoms with E-state index < -0.39 is 72.8 Å². The molecule has 0 aliphatic carbocycles. The molecule has 3 saturated heterocycles. The highest BCUT2D eigenvalue weighted by molar-refractivity contribution is 6.84. The van der Waals surface area contributed by atoms with Gasteiger partial charge in [-0.1, -0.05) is 62.8 Å². The molecule has 0 amide bonds. The number of ether oxygens (including phenoxy) is 2. The molecule has 3 fully saturated rings. The molecule has 19 nitrogen and oxygen atoms in total. The molecular weight excluding hydrogens is 737 g/mol. The summed E-state index contributed by atoms with van der Waals surface area (Å²) in [5.41, 5.74) is 14.2. The van der Waals surface area contributed by atoms with Crippen molar-refractivity contribution in [3.63, 3.8) is 0 Å². The molecule has 7 heterocycles. The van der Waals surface area contributed by atoms with Crippen molar-refractivity contribution in [2.45, 2.75) is 134 Å². The van der Waals surface area contributed by atoms with E-state index in [-0.39, 0.29) is 41.2 Å². The van der Waals surface area contributed by atoms with Crippen LogP contribution in [0, 0.1) is 0 Å². The Kier molecular flexibility index (Phi) is 12.5. The maximum absolute atomic E-state index is 11.5. The van der Waals surface area contributed by atoms with Crippen LogP contribution in [0.2, 0.25) is 22.2 Å². The highest BCUT2D eigenvalue weighted by Crippen LogP contribution is 2.48. The Labute approximate surface area is 316 Å². The summed E-state index contributed by atoms with van der Waals surface area (Å²) >= 11 is 0. The molecule has 300 valence electrons. The summed E-state index contributed by atoms with van der Waals surface area (Å²) in [6.07, 6.45) is -1.20. The zero-order valence-corrected chi connectivity index (χ0v) is 33.2. The van der Waals surface area contributed by atoms with E-state index in [2.05, 4.69) is 85.3 Å². The summed E-state index contributed by atoms with van der Waals surface area (Å²) in [7, 11) is -5.54. The van der Waals surface area contributed by atoms with E-state index >= 15 is 0 Å². The normalized spacial score (nSPS) is 29.3. The maximum atomic E-state index is 11.5. The van der Waals surface area contributed by atoms with Crippen LogP contribution in [0.4, 0.5) is 11.6 Å². The third kappa shape index (κ3) is 7.04. The summed E-state index contributed by atoms with van der Waals surface area (Å²) in [6, 6.07) is 0. The van der Waals surface area contributed by atoms with E-state index in [1.54, 1.807) is 10.9 Å². The predicted molar refractivity (Wildman–Crippen MR) is 203 cm³/mol. The van der Waals surface area contributed by atoms with Crippen molar-refractivity contribution < 1.29 is 42.9 Å². The molecule has 4 aromatic rings. The number of aliphatic hydroxyl groups is 4. The van der Waals surface area contributed by atoms with Gasteiger partial charge in [0.1, 0.15) is 60.3 Å². The molecule has 0 aromatic carbocycles. The monoisotopic (exact) mass is 792 g/mol. The van der Waals surface area contributed by atoms with Gasteiger partial charge in [0.2, 0.25) is 0 Å². The number of anilines is 2. The van der Waals surface area contributed by atoms with Gasteiger partial charge in [0.25, 0.3) is 0 Å². The molecule has 7 rings (SSSR count). The second-order valence-electron chi connectivity index (χ2n) is 15.0. The molecule has 8 N–H and O–H groups in total. The number of aliphatic hydroxyl groups excluding tert-OH is 4. The number of nitrogens with zero attached hydrogens (tertiary/aromatic N) is 8. The fourth-order valence-corrected chi connectivity index (χ4v) is 18.8. The van der Waals surface area contributed by atoms with Gasteiger partial charge in [-0.3, -0.25) is 9.13 Å². The second-order valence-corrected chi connectivity index (χ2v) is 23.9. The highest BCUT2D eigenvalue weighted by Gasteiger charge is 2.61. The van der Waals surface area contributed by atoms with Gasteiger partial charge in [0, 0.05) is 0 Å². The minimum Gasteiger partial charge on any atom is -0.414 e. The number of hydrogen-bond acceptors (Lipinski definition) is 17. The van der Waals surface area contributed by atoms with Crippen LogP contribution in [0.15, 0.2) is 25.3 Å². The largest absolute Gasteiger partial charge is 0.414 e. The minimum absolute atomic E-state index is 0. The average molecular weight is 793 g/mol. The van der Waals surface area contributed by atoms with Crippen molar-refractivity contribution in [3.05, 3.63) is 25.3 Å². The van der Waals surface area contributed by atoms with Gasteiger partial charge >= 0.3 is 17.1 Å². The lowest BCUT2D eigenvalue weighted by Gasteiger charge is -2.51. The molecular formula is C33H56N10O9Si2. The van der Waals surface area contributed by atoms with E-state index in [1.165, 1.54) is 23.5 Å². The van der Waals surface area contributed by atoms with Crippen molar-refractivity contribution in [1.29, 1.82) is 0 Å². The third-order valence-electron chi connectivity index (χ3n) is 10.5. The molecule has 3 aliphatic rings. The molecule has 0 radical (unpaired) electrons. The lowest BCUT2D eigenvalue weighted by molar-refractivity contribution is -0.0570. The molecule has 21 heteroatoms. The van der Waals surface area contributed by atoms with Gasteiger partial charge in [0.05, 0.1) is 25.9 Å². The Morgan fingerprint density at radius 3 is 1.63 bits per heavy atom. The fraction of sp³-hybridized carbons (Fsp3) is 0.697. The minimum atomic E-state index is -2.86. The standard InChI is InChI=1S/C22H39N5O5Si2.C10H13N5O4.CH4/c1-12(2)33(13(3)4)29-9-16-19(31-34(32-33,14(5)6)15(7)8)18(28)22(30-16)27-11-26-17-20(23)24-10-25-21(17)27;11-8-5-9(13-2-12-8)15(3-14-5)10-7(18)6(17)4(1-16)19-10;/h10-16,18-19,22,28H,9H2,1-8H3,(H2,23,24,25);2-4,6-7,10,16-18H,1H2,(H2,11,12,13);1H4/t16-,18?,19?,22-;4-,6?,7?,10-;/m00./s1. The smallest absolute Gasteiger partial charge is 0.335 e. The van der Waals surface area contributed by atoms with Crippen molar-refractivity contribution in [2.75, 3.05) is 24.7 Å². The molecule has 0 saturated carbocycles. The van der Waals surface area contributed by atoms with Gasteiger partial charge in [0.15, 0.2) is 35.4 Å². The number of nitrogens with two attached hydrogens (primary N) is 2. The van der Waals surface area contributed by atoms with E-state index in [0.29, 0.717) is 28.9 Å². The van der Waals surface area contributed by atoms with Crippen LogP contribution in [0.25, 0.3) is 22.3 Å². The zero-order chi connectivity index (χ0) is 38.6. The average Bonchev–Trinajstić information content (AvgIpc) is 3.86. The number of nitrogen functional groups attached to an aromatic ring is 2. The molecule has 8 atom stereocenters. The van der Waals surface area contributed by atoms with Crippen LogP contribution in [0.1, 0.15) is 75.3 Å². The van der Waals surface area contributed by atoms with Crippen molar-refractivity contribution in [2.24, 2.45) is 0 Å². The number of hydrogen-bond donors (Lipinski definition) is 6. The Morgan fingerprint density at radius 2 is 1.19 bits per heavy atom. The van der Waals surface area contributed by atoms with Crippen LogP contribution in [0.3, 0.4) is 0 Å². The van der Waals surface area contributed by atoms with Crippen LogP contribution >= 0.6 is 0 Å². The number of aromatic nitrogens is 8. The summed E-state index contributed by atoms with van der Waals surface area (Å²) in [5, 5.41) is 40.2. The molecule has 0 bridgehead atoms. The first-order chi connectivity index (χ1) is 25.1. The van der Waals surface area contributed by atoms with Crippen LogP contribution in [-0.4, -0.2) is 126 Å². The first kappa shape index (κ1) is 41.9. The van der Waals surface area contributed by atoms with Crippen LogP contribution in [-0.2, 0) is 22.4 Å². The molecule has 0 spiro atoms. The topological polar surface area (TPSA) is 266 Å². The van der Waals surface area contributed by atoms with Gasteiger partial charge in [-0.25, -0.2) is 29.9 Å².